The summed E-state index contributed by atoms with van der Waals surface area (Å²) < 4.78 is 0. The third kappa shape index (κ3) is 2.29. The largest absolute Gasteiger partial charge is 0.342 e. The minimum atomic E-state index is 0.963. The fourth-order valence-electron chi connectivity index (χ4n) is 2.87. The Morgan fingerprint density at radius 2 is 1.71 bits per heavy atom. The Balaban J connectivity index is 1.79. The molecular weight excluding hydrogens is 256 g/mol. The van der Waals surface area contributed by atoms with Crippen LogP contribution in [0.2, 0.25) is 0 Å². The van der Waals surface area contributed by atoms with E-state index in [2.05, 4.69) is 70.6 Å². The predicted octanol–water partition coefficient (Wildman–Crippen LogP) is 4.62. The lowest BCUT2D eigenvalue weighted by Crippen LogP contribution is -1.87. The second-order valence-corrected chi connectivity index (χ2v) is 5.54. The van der Waals surface area contributed by atoms with Gasteiger partial charge in [0, 0.05) is 0 Å². The smallest absolute Gasteiger partial charge is 0.104 e. The van der Waals surface area contributed by atoms with E-state index in [4.69, 9.17) is 0 Å². The van der Waals surface area contributed by atoms with Gasteiger partial charge < -0.3 is 4.98 Å². The molecule has 0 amide bonds. The Hall–Kier alpha value is -2.61. The summed E-state index contributed by atoms with van der Waals surface area (Å²) in [6.45, 7) is 1.99. The van der Waals surface area contributed by atoms with Crippen molar-refractivity contribution in [2.45, 2.75) is 13.3 Å². The van der Waals surface area contributed by atoms with E-state index in [1.807, 2.05) is 6.92 Å². The number of aromatic amines is 1. The van der Waals surface area contributed by atoms with Crippen LogP contribution in [0.3, 0.4) is 0 Å². The molecule has 0 spiro atoms. The van der Waals surface area contributed by atoms with Gasteiger partial charge in [-0.05, 0) is 47.4 Å². The Kier molecular flexibility index (Phi) is 2.74. The van der Waals surface area contributed by atoms with Crippen molar-refractivity contribution in [2.75, 3.05) is 0 Å². The summed E-state index contributed by atoms with van der Waals surface area (Å²) in [7, 11) is 0. The molecule has 2 heteroatoms. The van der Waals surface area contributed by atoms with E-state index in [0.29, 0.717) is 0 Å². The molecule has 0 unspecified atom stereocenters. The first-order valence-corrected chi connectivity index (χ1v) is 7.21. The molecule has 102 valence electrons. The zero-order chi connectivity index (χ0) is 14.2. The maximum Gasteiger partial charge on any atom is 0.104 e. The van der Waals surface area contributed by atoms with Gasteiger partial charge in [0.2, 0.25) is 0 Å². The van der Waals surface area contributed by atoms with Crippen LogP contribution < -0.4 is 0 Å². The van der Waals surface area contributed by atoms with Crippen molar-refractivity contribution in [1.82, 2.24) is 9.97 Å². The third-order valence-corrected chi connectivity index (χ3v) is 3.87. The van der Waals surface area contributed by atoms with Crippen LogP contribution in [0, 0.1) is 6.92 Å². The number of hydrogen-bond donors (Lipinski definition) is 1. The second kappa shape index (κ2) is 4.74. The first-order chi connectivity index (χ1) is 10.3. The molecule has 0 aliphatic heterocycles. The standard InChI is InChI=1S/C19H16N2/c1-13-20-18-11-16-8-7-15(9-14-5-3-2-4-6-14)10-17(16)12-19(18)21-13/h2-8,10-12H,9H2,1H3,(H,20,21). The molecule has 0 atom stereocenters. The van der Waals surface area contributed by atoms with E-state index < -0.39 is 0 Å². The van der Waals surface area contributed by atoms with E-state index in [-0.39, 0.29) is 0 Å². The molecule has 0 radical (unpaired) electrons. The van der Waals surface area contributed by atoms with Gasteiger partial charge in [0.1, 0.15) is 5.82 Å². The highest BCUT2D eigenvalue weighted by Gasteiger charge is 2.03. The Bertz CT molecular complexity index is 920. The summed E-state index contributed by atoms with van der Waals surface area (Å²) in [6, 6.07) is 21.6. The van der Waals surface area contributed by atoms with Crippen molar-refractivity contribution >= 4 is 21.8 Å². The number of aryl methyl sites for hydroxylation is 1. The van der Waals surface area contributed by atoms with Gasteiger partial charge in [0.25, 0.3) is 0 Å². The summed E-state index contributed by atoms with van der Waals surface area (Å²) in [5, 5.41) is 2.50. The first-order valence-electron chi connectivity index (χ1n) is 7.21. The van der Waals surface area contributed by atoms with Gasteiger partial charge in [-0.1, -0.05) is 48.5 Å². The van der Waals surface area contributed by atoms with Gasteiger partial charge in [-0.15, -0.1) is 0 Å². The molecule has 0 bridgehead atoms. The maximum absolute atomic E-state index is 4.50. The normalized spacial score (nSPS) is 11.3. The molecule has 4 aromatic rings. The molecule has 0 saturated carbocycles. The molecule has 1 heterocycles. The van der Waals surface area contributed by atoms with Gasteiger partial charge in [-0.25, -0.2) is 4.98 Å². The number of aromatic nitrogens is 2. The summed E-state index contributed by atoms with van der Waals surface area (Å²) in [6.07, 6.45) is 0.969. The third-order valence-electron chi connectivity index (χ3n) is 3.87. The van der Waals surface area contributed by atoms with Gasteiger partial charge in [-0.2, -0.15) is 0 Å². The number of rotatable bonds is 2. The first kappa shape index (κ1) is 12.2. The Labute approximate surface area is 123 Å². The highest BCUT2D eigenvalue weighted by atomic mass is 14.9. The Morgan fingerprint density at radius 1 is 0.857 bits per heavy atom. The minimum Gasteiger partial charge on any atom is -0.342 e. The van der Waals surface area contributed by atoms with Crippen LogP contribution >= 0.6 is 0 Å². The number of H-pyrrole nitrogens is 1. The number of nitrogens with one attached hydrogen (secondary N) is 1. The zero-order valence-electron chi connectivity index (χ0n) is 11.9. The lowest BCUT2D eigenvalue weighted by Gasteiger charge is -2.04. The summed E-state index contributed by atoms with van der Waals surface area (Å²) >= 11 is 0. The quantitative estimate of drug-likeness (QED) is 0.567. The summed E-state index contributed by atoms with van der Waals surface area (Å²) in [4.78, 5) is 7.81. The van der Waals surface area contributed by atoms with Crippen LogP contribution in [0.4, 0.5) is 0 Å². The van der Waals surface area contributed by atoms with E-state index >= 15 is 0 Å². The molecule has 1 N–H and O–H groups in total. The number of imidazole rings is 1. The van der Waals surface area contributed by atoms with Crippen molar-refractivity contribution in [2.24, 2.45) is 0 Å². The van der Waals surface area contributed by atoms with Gasteiger partial charge in [-0.3, -0.25) is 0 Å². The number of fused-ring (bicyclic) bond motifs is 2. The van der Waals surface area contributed by atoms with E-state index in [1.165, 1.54) is 21.9 Å². The van der Waals surface area contributed by atoms with Crippen LogP contribution in [0.15, 0.2) is 60.7 Å². The average molecular weight is 272 g/mol. The fourth-order valence-corrected chi connectivity index (χ4v) is 2.87. The SMILES string of the molecule is Cc1nc2cc3ccc(Cc4ccccc4)cc3cc2[nH]1. The Morgan fingerprint density at radius 3 is 2.57 bits per heavy atom. The highest BCUT2D eigenvalue weighted by molar-refractivity contribution is 5.95. The predicted molar refractivity (Wildman–Crippen MR) is 87.6 cm³/mol. The minimum absolute atomic E-state index is 0.963. The van der Waals surface area contributed by atoms with Crippen molar-refractivity contribution in [3.63, 3.8) is 0 Å². The van der Waals surface area contributed by atoms with Gasteiger partial charge in [0.15, 0.2) is 0 Å². The number of hydrogen-bond acceptors (Lipinski definition) is 1. The second-order valence-electron chi connectivity index (χ2n) is 5.54. The monoisotopic (exact) mass is 272 g/mol. The molecule has 2 nitrogen and oxygen atoms in total. The average Bonchev–Trinajstić information content (AvgIpc) is 2.85. The van der Waals surface area contributed by atoms with E-state index in [0.717, 1.165) is 23.3 Å². The van der Waals surface area contributed by atoms with Crippen LogP contribution in [0.5, 0.6) is 0 Å². The molecule has 1 aromatic heterocycles. The molecule has 0 aliphatic carbocycles. The lowest BCUT2D eigenvalue weighted by atomic mass is 10.0. The van der Waals surface area contributed by atoms with E-state index in [9.17, 15) is 0 Å². The highest BCUT2D eigenvalue weighted by Crippen LogP contribution is 2.23. The van der Waals surface area contributed by atoms with Crippen LogP contribution in [0.1, 0.15) is 17.0 Å². The van der Waals surface area contributed by atoms with Crippen molar-refractivity contribution in [1.29, 1.82) is 0 Å². The summed E-state index contributed by atoms with van der Waals surface area (Å²) in [5.74, 6) is 0.963. The van der Waals surface area contributed by atoms with Crippen molar-refractivity contribution in [3.05, 3.63) is 77.6 Å². The molecule has 21 heavy (non-hydrogen) atoms. The lowest BCUT2D eigenvalue weighted by molar-refractivity contribution is 1.17. The van der Waals surface area contributed by atoms with Crippen LogP contribution in [-0.2, 0) is 6.42 Å². The fraction of sp³-hybridized carbons (Fsp3) is 0.105. The molecule has 3 aromatic carbocycles. The molecule has 0 saturated heterocycles. The number of nitrogens with zero attached hydrogens (tertiary/aromatic N) is 1. The zero-order valence-corrected chi connectivity index (χ0v) is 11.9. The molecule has 0 aliphatic rings. The van der Waals surface area contributed by atoms with E-state index in [1.54, 1.807) is 0 Å². The summed E-state index contributed by atoms with van der Waals surface area (Å²) in [5.41, 5.74) is 4.83. The molecular formula is C19H16N2. The molecule has 4 rings (SSSR count). The topological polar surface area (TPSA) is 28.7 Å². The molecule has 0 fully saturated rings. The van der Waals surface area contributed by atoms with Crippen LogP contribution in [-0.4, -0.2) is 9.97 Å². The maximum atomic E-state index is 4.50. The van der Waals surface area contributed by atoms with Crippen LogP contribution in [0.25, 0.3) is 21.8 Å². The van der Waals surface area contributed by atoms with Crippen molar-refractivity contribution < 1.29 is 0 Å². The van der Waals surface area contributed by atoms with Gasteiger partial charge >= 0.3 is 0 Å². The van der Waals surface area contributed by atoms with Crippen molar-refractivity contribution in [3.8, 4) is 0 Å². The van der Waals surface area contributed by atoms with Gasteiger partial charge in [0.05, 0.1) is 11.0 Å². The number of benzene rings is 3.